The van der Waals surface area contributed by atoms with Crippen LogP contribution in [0.5, 0.6) is 0 Å². The molecule has 3 rings (SSSR count). The highest BCUT2D eigenvalue weighted by Crippen LogP contribution is 2.34. The van der Waals surface area contributed by atoms with Crippen molar-refractivity contribution in [1.29, 1.82) is 0 Å². The number of carbonyl (C=O) groups excluding carboxylic acids is 1. The fraction of sp³-hybridized carbons (Fsp3) is 0.133. The first-order valence-corrected chi connectivity index (χ1v) is 8.54. The molecule has 0 fully saturated rings. The number of carbonyl (C=O) groups is 1. The van der Waals surface area contributed by atoms with Gasteiger partial charge in [0.05, 0.1) is 4.88 Å². The predicted octanol–water partition coefficient (Wildman–Crippen LogP) is 5.52. The molecule has 4 heteroatoms. The van der Waals surface area contributed by atoms with Crippen molar-refractivity contribution in [1.82, 2.24) is 0 Å². The fourth-order valence-corrected chi connectivity index (χ4v) is 4.68. The van der Waals surface area contributed by atoms with Crippen molar-refractivity contribution in [3.8, 4) is 0 Å². The average molecular weight is 351 g/mol. The molecule has 19 heavy (non-hydrogen) atoms. The molecule has 0 saturated carbocycles. The van der Waals surface area contributed by atoms with Gasteiger partial charge in [-0.15, -0.1) is 22.7 Å². The number of thiophene rings is 2. The van der Waals surface area contributed by atoms with E-state index in [-0.39, 0.29) is 5.78 Å². The number of hydrogen-bond donors (Lipinski definition) is 0. The lowest BCUT2D eigenvalue weighted by molar-refractivity contribution is 0.104. The Bertz CT molecular complexity index is 754. The Hall–Kier alpha value is -0.970. The van der Waals surface area contributed by atoms with Gasteiger partial charge < -0.3 is 0 Å². The van der Waals surface area contributed by atoms with Crippen molar-refractivity contribution in [3.63, 3.8) is 0 Å². The molecule has 0 unspecified atom stereocenters. The fourth-order valence-electron chi connectivity index (χ4n) is 2.13. The number of fused-ring (bicyclic) bond motifs is 1. The molecule has 96 valence electrons. The molecule has 0 amide bonds. The van der Waals surface area contributed by atoms with E-state index in [1.807, 2.05) is 35.0 Å². The van der Waals surface area contributed by atoms with Gasteiger partial charge in [-0.2, -0.15) is 0 Å². The molecule has 2 heterocycles. The predicted molar refractivity (Wildman–Crippen MR) is 86.7 cm³/mol. The van der Waals surface area contributed by atoms with E-state index in [4.69, 9.17) is 0 Å². The second-order valence-electron chi connectivity index (χ2n) is 4.22. The summed E-state index contributed by atoms with van der Waals surface area (Å²) >= 11 is 6.69. The number of ketones is 1. The van der Waals surface area contributed by atoms with Crippen LogP contribution in [0.4, 0.5) is 0 Å². The number of rotatable bonds is 3. The zero-order valence-electron chi connectivity index (χ0n) is 10.3. The Morgan fingerprint density at radius 2 is 2.11 bits per heavy atom. The molecule has 0 N–H and O–H groups in total. The number of hydrogen-bond acceptors (Lipinski definition) is 3. The van der Waals surface area contributed by atoms with Crippen LogP contribution in [0.25, 0.3) is 10.1 Å². The normalized spacial score (nSPS) is 11.1. The summed E-state index contributed by atoms with van der Waals surface area (Å²) < 4.78 is 2.19. The first-order valence-electron chi connectivity index (χ1n) is 5.99. The quantitative estimate of drug-likeness (QED) is 0.568. The van der Waals surface area contributed by atoms with Crippen molar-refractivity contribution in [2.75, 3.05) is 0 Å². The summed E-state index contributed by atoms with van der Waals surface area (Å²) in [7, 11) is 0. The van der Waals surface area contributed by atoms with Gasteiger partial charge >= 0.3 is 0 Å². The Morgan fingerprint density at radius 1 is 1.26 bits per heavy atom. The summed E-state index contributed by atoms with van der Waals surface area (Å²) in [6.45, 7) is 2.08. The highest BCUT2D eigenvalue weighted by molar-refractivity contribution is 9.10. The second kappa shape index (κ2) is 5.19. The lowest BCUT2D eigenvalue weighted by Crippen LogP contribution is -2.00. The Balaban J connectivity index is 2.15. The minimum absolute atomic E-state index is 0.149. The summed E-state index contributed by atoms with van der Waals surface area (Å²) in [5.41, 5.74) is 1.96. The monoisotopic (exact) mass is 350 g/mol. The van der Waals surface area contributed by atoms with Crippen LogP contribution in [-0.4, -0.2) is 5.78 Å². The molecule has 0 radical (unpaired) electrons. The first-order chi connectivity index (χ1) is 9.22. The summed E-state index contributed by atoms with van der Waals surface area (Å²) in [5, 5.41) is 5.01. The summed E-state index contributed by atoms with van der Waals surface area (Å²) in [6.07, 6.45) is 0.899. The lowest BCUT2D eigenvalue weighted by Gasteiger charge is -2.00. The molecule has 0 aliphatic rings. The van der Waals surface area contributed by atoms with Gasteiger partial charge in [-0.3, -0.25) is 4.79 Å². The van der Waals surface area contributed by atoms with Crippen molar-refractivity contribution >= 4 is 54.5 Å². The van der Waals surface area contributed by atoms with Crippen LogP contribution in [0, 0.1) is 0 Å². The van der Waals surface area contributed by atoms with Crippen LogP contribution in [0.1, 0.15) is 27.7 Å². The van der Waals surface area contributed by atoms with Crippen LogP contribution < -0.4 is 0 Å². The highest BCUT2D eigenvalue weighted by atomic mass is 79.9. The van der Waals surface area contributed by atoms with Gasteiger partial charge in [0.2, 0.25) is 5.78 Å². The molecule has 0 spiro atoms. The van der Waals surface area contributed by atoms with E-state index >= 15 is 0 Å². The molecular formula is C15H11BrOS2. The third-order valence-electron chi connectivity index (χ3n) is 3.13. The van der Waals surface area contributed by atoms with Gasteiger partial charge in [0.25, 0.3) is 0 Å². The topological polar surface area (TPSA) is 17.1 Å². The molecule has 0 bridgehead atoms. The molecule has 0 atom stereocenters. The van der Waals surface area contributed by atoms with Crippen molar-refractivity contribution in [2.45, 2.75) is 13.3 Å². The Labute approximate surface area is 128 Å². The minimum Gasteiger partial charge on any atom is -0.288 e. The molecular weight excluding hydrogens is 340 g/mol. The van der Waals surface area contributed by atoms with Crippen molar-refractivity contribution in [2.24, 2.45) is 0 Å². The summed E-state index contributed by atoms with van der Waals surface area (Å²) in [5.74, 6) is 0.149. The molecule has 3 aromatic rings. The van der Waals surface area contributed by atoms with Crippen molar-refractivity contribution in [3.05, 3.63) is 55.5 Å². The highest BCUT2D eigenvalue weighted by Gasteiger charge is 2.18. The third kappa shape index (κ3) is 2.18. The van der Waals surface area contributed by atoms with Crippen LogP contribution in [0.3, 0.4) is 0 Å². The molecule has 0 aliphatic heterocycles. The summed E-state index contributed by atoms with van der Waals surface area (Å²) in [6, 6.07) is 8.05. The third-order valence-corrected chi connectivity index (χ3v) is 6.04. The SMILES string of the molecule is CCc1ccsc1C(=O)c1csc2c(Br)cccc12. The molecule has 0 aliphatic carbocycles. The maximum absolute atomic E-state index is 12.7. The maximum Gasteiger partial charge on any atom is 0.204 e. The first kappa shape index (κ1) is 13.0. The van der Waals surface area contributed by atoms with Crippen LogP contribution in [-0.2, 0) is 6.42 Å². The van der Waals surface area contributed by atoms with Crippen LogP contribution in [0.2, 0.25) is 0 Å². The van der Waals surface area contributed by atoms with Gasteiger partial charge in [0.1, 0.15) is 0 Å². The number of benzene rings is 1. The molecule has 0 saturated heterocycles. The van der Waals surface area contributed by atoms with E-state index in [0.29, 0.717) is 0 Å². The molecule has 1 aromatic carbocycles. The lowest BCUT2D eigenvalue weighted by atomic mass is 10.1. The standard InChI is InChI=1S/C15H11BrOS2/c1-2-9-6-7-18-14(9)13(17)11-8-19-15-10(11)4-3-5-12(15)16/h3-8H,2H2,1H3. The van der Waals surface area contributed by atoms with Gasteiger partial charge in [0, 0.05) is 25.5 Å². The summed E-state index contributed by atoms with van der Waals surface area (Å²) in [4.78, 5) is 13.6. The number of halogens is 1. The van der Waals surface area contributed by atoms with E-state index < -0.39 is 0 Å². The Morgan fingerprint density at radius 3 is 2.89 bits per heavy atom. The van der Waals surface area contributed by atoms with E-state index in [2.05, 4.69) is 22.9 Å². The van der Waals surface area contributed by atoms with Gasteiger partial charge in [-0.25, -0.2) is 0 Å². The maximum atomic E-state index is 12.7. The second-order valence-corrected chi connectivity index (χ2v) is 6.87. The zero-order valence-corrected chi connectivity index (χ0v) is 13.5. The van der Waals surface area contributed by atoms with E-state index in [9.17, 15) is 4.79 Å². The molecule has 1 nitrogen and oxygen atoms in total. The number of aryl methyl sites for hydroxylation is 1. The van der Waals surface area contributed by atoms with E-state index in [0.717, 1.165) is 37.0 Å². The van der Waals surface area contributed by atoms with Gasteiger partial charge in [0.15, 0.2) is 0 Å². The largest absolute Gasteiger partial charge is 0.288 e. The molecule has 2 aromatic heterocycles. The zero-order chi connectivity index (χ0) is 13.4. The van der Waals surface area contributed by atoms with Gasteiger partial charge in [-0.05, 0) is 45.4 Å². The van der Waals surface area contributed by atoms with E-state index in [1.165, 1.54) is 11.3 Å². The van der Waals surface area contributed by atoms with Crippen LogP contribution >= 0.6 is 38.6 Å². The Kier molecular flexibility index (Phi) is 3.56. The minimum atomic E-state index is 0.149. The van der Waals surface area contributed by atoms with Crippen molar-refractivity contribution < 1.29 is 4.79 Å². The van der Waals surface area contributed by atoms with Crippen LogP contribution in [0.15, 0.2) is 39.5 Å². The smallest absolute Gasteiger partial charge is 0.204 e. The average Bonchev–Trinajstić information content (AvgIpc) is 3.05. The van der Waals surface area contributed by atoms with E-state index in [1.54, 1.807) is 11.3 Å². The van der Waals surface area contributed by atoms with Gasteiger partial charge in [-0.1, -0.05) is 19.1 Å².